The summed E-state index contributed by atoms with van der Waals surface area (Å²) in [6.07, 6.45) is 2.34. The first-order valence-electron chi connectivity index (χ1n) is 6.34. The summed E-state index contributed by atoms with van der Waals surface area (Å²) in [6.45, 7) is 13.9. The Labute approximate surface area is 101 Å². The fourth-order valence-electron chi connectivity index (χ4n) is 2.64. The molecule has 0 saturated heterocycles. The van der Waals surface area contributed by atoms with Gasteiger partial charge in [-0.15, -0.1) is 0 Å². The Kier molecular flexibility index (Phi) is 3.83. The first kappa shape index (κ1) is 13.3. The molecule has 0 heteroatoms. The van der Waals surface area contributed by atoms with Gasteiger partial charge in [-0.05, 0) is 34.8 Å². The van der Waals surface area contributed by atoms with Crippen LogP contribution in [-0.2, 0) is 11.8 Å². The van der Waals surface area contributed by atoms with E-state index >= 15 is 0 Å². The molecule has 0 atom stereocenters. The van der Waals surface area contributed by atoms with Gasteiger partial charge in [0.15, 0.2) is 0 Å². The molecular weight excluding hydrogens is 192 g/mol. The maximum absolute atomic E-state index is 2.37. The van der Waals surface area contributed by atoms with Crippen LogP contribution in [0, 0.1) is 5.41 Å². The van der Waals surface area contributed by atoms with Crippen molar-refractivity contribution in [2.24, 2.45) is 5.41 Å². The van der Waals surface area contributed by atoms with E-state index in [1.807, 2.05) is 0 Å². The minimum Gasteiger partial charge on any atom is -0.0617 e. The second kappa shape index (κ2) is 4.61. The molecule has 0 radical (unpaired) electrons. The van der Waals surface area contributed by atoms with Gasteiger partial charge in [0, 0.05) is 0 Å². The van der Waals surface area contributed by atoms with E-state index in [2.05, 4.69) is 65.8 Å². The normalized spacial score (nSPS) is 12.9. The van der Waals surface area contributed by atoms with Crippen molar-refractivity contribution in [2.45, 2.75) is 59.8 Å². The van der Waals surface area contributed by atoms with Gasteiger partial charge in [0.1, 0.15) is 0 Å². The molecule has 0 amide bonds. The zero-order chi connectivity index (χ0) is 12.4. The van der Waals surface area contributed by atoms with Gasteiger partial charge in [-0.3, -0.25) is 0 Å². The highest BCUT2D eigenvalue weighted by molar-refractivity contribution is 5.29. The Morgan fingerprint density at radius 2 is 1.62 bits per heavy atom. The summed E-state index contributed by atoms with van der Waals surface area (Å²) in [5.41, 5.74) is 3.57. The van der Waals surface area contributed by atoms with Crippen LogP contribution in [0.5, 0.6) is 0 Å². The lowest BCUT2D eigenvalue weighted by atomic mass is 9.72. The molecule has 0 aliphatic rings. The van der Waals surface area contributed by atoms with Crippen molar-refractivity contribution in [1.29, 1.82) is 0 Å². The van der Waals surface area contributed by atoms with E-state index in [1.165, 1.54) is 17.5 Å². The Morgan fingerprint density at radius 1 is 1.00 bits per heavy atom. The van der Waals surface area contributed by atoms with Crippen molar-refractivity contribution in [3.63, 3.8) is 0 Å². The van der Waals surface area contributed by atoms with Crippen LogP contribution in [-0.4, -0.2) is 0 Å². The van der Waals surface area contributed by atoms with Gasteiger partial charge in [-0.2, -0.15) is 0 Å². The van der Waals surface area contributed by atoms with Gasteiger partial charge in [0.05, 0.1) is 0 Å². The largest absolute Gasteiger partial charge is 0.0617 e. The second-order valence-corrected chi connectivity index (χ2v) is 6.68. The van der Waals surface area contributed by atoms with Crippen LogP contribution in [0.3, 0.4) is 0 Å². The van der Waals surface area contributed by atoms with Crippen molar-refractivity contribution in [2.75, 3.05) is 0 Å². The first-order chi connectivity index (χ1) is 7.24. The maximum Gasteiger partial charge on any atom is -0.00985 e. The van der Waals surface area contributed by atoms with E-state index in [0.717, 1.165) is 6.42 Å². The molecule has 0 bridgehead atoms. The average Bonchev–Trinajstić information content (AvgIpc) is 2.14. The number of benzene rings is 1. The van der Waals surface area contributed by atoms with Gasteiger partial charge in [-0.25, -0.2) is 0 Å². The molecule has 0 fully saturated rings. The molecule has 0 nitrogen and oxygen atoms in total. The van der Waals surface area contributed by atoms with E-state index in [-0.39, 0.29) is 5.41 Å². The Hall–Kier alpha value is -0.780. The zero-order valence-electron chi connectivity index (χ0n) is 11.7. The number of hydrogen-bond donors (Lipinski definition) is 0. The summed E-state index contributed by atoms with van der Waals surface area (Å²) in [5.74, 6) is 0. The molecule has 1 rings (SSSR count). The topological polar surface area (TPSA) is 0 Å². The van der Waals surface area contributed by atoms with E-state index in [0.29, 0.717) is 5.41 Å². The van der Waals surface area contributed by atoms with Gasteiger partial charge in [0.2, 0.25) is 0 Å². The lowest BCUT2D eigenvalue weighted by Gasteiger charge is -2.33. The van der Waals surface area contributed by atoms with Gasteiger partial charge >= 0.3 is 0 Å². The molecule has 0 aromatic heterocycles. The fraction of sp³-hybridized carbons (Fsp3) is 0.625. The summed E-state index contributed by atoms with van der Waals surface area (Å²) < 4.78 is 0. The lowest BCUT2D eigenvalue weighted by Crippen LogP contribution is -2.24. The third kappa shape index (κ3) is 3.66. The van der Waals surface area contributed by atoms with Crippen LogP contribution < -0.4 is 0 Å². The monoisotopic (exact) mass is 218 g/mol. The smallest absolute Gasteiger partial charge is 0.00985 e. The van der Waals surface area contributed by atoms with Gasteiger partial charge in [0.25, 0.3) is 0 Å². The van der Waals surface area contributed by atoms with Crippen molar-refractivity contribution in [3.05, 3.63) is 35.4 Å². The highest BCUT2D eigenvalue weighted by atomic mass is 14.3. The Balaban J connectivity index is 2.97. The first-order valence-corrected chi connectivity index (χ1v) is 6.34. The second-order valence-electron chi connectivity index (χ2n) is 6.68. The molecule has 90 valence electrons. The summed E-state index contributed by atoms with van der Waals surface area (Å²) in [5, 5.41) is 0. The molecule has 0 N–H and O–H groups in total. The standard InChI is InChI=1S/C16H26/c1-7-13-9-8-10-14(11-13)16(5,6)12-15(2,3)4/h8-11H,7,12H2,1-6H3. The molecule has 1 aromatic carbocycles. The number of hydrogen-bond acceptors (Lipinski definition) is 0. The molecule has 0 aliphatic heterocycles. The minimum absolute atomic E-state index is 0.267. The summed E-state index contributed by atoms with van der Waals surface area (Å²) >= 11 is 0. The molecular formula is C16H26. The van der Waals surface area contributed by atoms with Gasteiger partial charge < -0.3 is 0 Å². The third-order valence-electron chi connectivity index (χ3n) is 3.09. The van der Waals surface area contributed by atoms with Crippen molar-refractivity contribution in [3.8, 4) is 0 Å². The van der Waals surface area contributed by atoms with E-state index < -0.39 is 0 Å². The summed E-state index contributed by atoms with van der Waals surface area (Å²) in [4.78, 5) is 0. The summed E-state index contributed by atoms with van der Waals surface area (Å²) in [7, 11) is 0. The molecule has 0 aliphatic carbocycles. The highest BCUT2D eigenvalue weighted by Gasteiger charge is 2.27. The molecule has 16 heavy (non-hydrogen) atoms. The maximum atomic E-state index is 2.37. The van der Waals surface area contributed by atoms with Crippen LogP contribution in [0.25, 0.3) is 0 Å². The minimum atomic E-state index is 0.267. The number of aryl methyl sites for hydroxylation is 1. The van der Waals surface area contributed by atoms with Crippen LogP contribution >= 0.6 is 0 Å². The third-order valence-corrected chi connectivity index (χ3v) is 3.09. The van der Waals surface area contributed by atoms with Gasteiger partial charge in [-0.1, -0.05) is 65.8 Å². The van der Waals surface area contributed by atoms with E-state index in [9.17, 15) is 0 Å². The molecule has 0 heterocycles. The summed E-state index contributed by atoms with van der Waals surface area (Å²) in [6, 6.07) is 9.05. The predicted octanol–water partition coefficient (Wildman–Crippen LogP) is 4.96. The molecule has 0 unspecified atom stereocenters. The van der Waals surface area contributed by atoms with Crippen LogP contribution in [0.1, 0.15) is 59.1 Å². The average molecular weight is 218 g/mol. The molecule has 1 aromatic rings. The van der Waals surface area contributed by atoms with Crippen molar-refractivity contribution in [1.82, 2.24) is 0 Å². The van der Waals surface area contributed by atoms with E-state index in [1.54, 1.807) is 0 Å². The fourth-order valence-corrected chi connectivity index (χ4v) is 2.64. The van der Waals surface area contributed by atoms with Crippen molar-refractivity contribution < 1.29 is 0 Å². The molecule has 0 spiro atoms. The Morgan fingerprint density at radius 3 is 2.12 bits per heavy atom. The van der Waals surface area contributed by atoms with Crippen LogP contribution in [0.4, 0.5) is 0 Å². The van der Waals surface area contributed by atoms with Crippen LogP contribution in [0.15, 0.2) is 24.3 Å². The predicted molar refractivity (Wildman–Crippen MR) is 72.9 cm³/mol. The quantitative estimate of drug-likeness (QED) is 0.672. The SMILES string of the molecule is CCc1cccc(C(C)(C)CC(C)(C)C)c1. The van der Waals surface area contributed by atoms with E-state index in [4.69, 9.17) is 0 Å². The van der Waals surface area contributed by atoms with Crippen LogP contribution in [0.2, 0.25) is 0 Å². The Bertz CT molecular complexity index is 339. The zero-order valence-corrected chi connectivity index (χ0v) is 11.7. The lowest BCUT2D eigenvalue weighted by molar-refractivity contribution is 0.284. The number of rotatable bonds is 3. The molecule has 0 saturated carbocycles. The highest BCUT2D eigenvalue weighted by Crippen LogP contribution is 2.36. The van der Waals surface area contributed by atoms with Crippen molar-refractivity contribution >= 4 is 0 Å².